The first-order valence-electron chi connectivity index (χ1n) is 8.17. The Kier molecular flexibility index (Phi) is 4.49. The molecule has 0 saturated heterocycles. The van der Waals surface area contributed by atoms with Crippen molar-refractivity contribution in [2.45, 2.75) is 13.5 Å². The maximum atomic E-state index is 12.8. The smallest absolute Gasteiger partial charge is 0.272 e. The summed E-state index contributed by atoms with van der Waals surface area (Å²) >= 11 is 7.41. The monoisotopic (exact) mass is 381 g/mol. The molecule has 4 rings (SSSR count). The van der Waals surface area contributed by atoms with E-state index in [0.29, 0.717) is 17.3 Å². The number of carbonyl (C=O) groups excluding carboxylic acids is 1. The highest BCUT2D eigenvalue weighted by Crippen LogP contribution is 2.28. The summed E-state index contributed by atoms with van der Waals surface area (Å²) in [5, 5.41) is 5.60. The lowest BCUT2D eigenvalue weighted by Crippen LogP contribution is -2.23. The molecule has 0 spiro atoms. The van der Waals surface area contributed by atoms with Crippen LogP contribution in [0.15, 0.2) is 60.1 Å². The zero-order valence-electron chi connectivity index (χ0n) is 14.1. The lowest BCUT2D eigenvalue weighted by Gasteiger charge is -2.07. The first kappa shape index (κ1) is 16.8. The van der Waals surface area contributed by atoms with Crippen LogP contribution in [0.25, 0.3) is 16.2 Å². The maximum absolute atomic E-state index is 12.8. The van der Waals surface area contributed by atoms with E-state index in [0.717, 1.165) is 21.8 Å². The summed E-state index contributed by atoms with van der Waals surface area (Å²) in [5.74, 6) is -0.188. The van der Waals surface area contributed by atoms with Gasteiger partial charge in [-0.15, -0.1) is 11.3 Å². The van der Waals surface area contributed by atoms with Gasteiger partial charge in [-0.25, -0.2) is 4.98 Å². The predicted octanol–water partition coefficient (Wildman–Crippen LogP) is 4.95. The summed E-state index contributed by atoms with van der Waals surface area (Å²) < 4.78 is 1.96. The third-order valence-corrected chi connectivity index (χ3v) is 5.18. The van der Waals surface area contributed by atoms with E-state index in [1.165, 1.54) is 16.9 Å². The Labute approximate surface area is 160 Å². The molecule has 0 bridgehead atoms. The number of nitrogens with one attached hydrogen (secondary N) is 1. The fourth-order valence-corrected chi connectivity index (χ4v) is 3.64. The number of amides is 1. The van der Waals surface area contributed by atoms with Crippen LogP contribution in [0.5, 0.6) is 0 Å². The minimum atomic E-state index is -0.188. The molecule has 2 heterocycles. The second-order valence-corrected chi connectivity index (χ2v) is 7.35. The zero-order valence-corrected chi connectivity index (χ0v) is 15.6. The van der Waals surface area contributed by atoms with E-state index in [1.807, 2.05) is 71.4 Å². The van der Waals surface area contributed by atoms with Crippen molar-refractivity contribution in [3.63, 3.8) is 0 Å². The molecule has 0 unspecified atom stereocenters. The molecule has 0 aliphatic heterocycles. The number of benzene rings is 2. The molecule has 130 valence electrons. The lowest BCUT2D eigenvalue weighted by molar-refractivity contribution is 0.0947. The number of nitrogens with zero attached hydrogens (tertiary/aromatic N) is 2. The van der Waals surface area contributed by atoms with Gasteiger partial charge in [-0.2, -0.15) is 0 Å². The number of rotatable bonds is 4. The SMILES string of the molecule is Cc1ccc(-c2c(C(=O)NCc3ccc(Cl)cc3)nc3sccn23)cc1. The van der Waals surface area contributed by atoms with Gasteiger partial charge in [0.2, 0.25) is 0 Å². The van der Waals surface area contributed by atoms with E-state index in [4.69, 9.17) is 11.6 Å². The number of hydrogen-bond donors (Lipinski definition) is 1. The van der Waals surface area contributed by atoms with Gasteiger partial charge < -0.3 is 5.32 Å². The molecule has 2 aromatic heterocycles. The molecule has 0 saturated carbocycles. The van der Waals surface area contributed by atoms with Crippen molar-refractivity contribution in [2.75, 3.05) is 0 Å². The highest BCUT2D eigenvalue weighted by molar-refractivity contribution is 7.15. The van der Waals surface area contributed by atoms with E-state index in [9.17, 15) is 4.79 Å². The molecular formula is C20H16ClN3OS. The molecule has 6 heteroatoms. The Morgan fingerprint density at radius 2 is 1.88 bits per heavy atom. The van der Waals surface area contributed by atoms with E-state index in [2.05, 4.69) is 10.3 Å². The number of aromatic nitrogens is 2. The molecule has 0 aliphatic carbocycles. The minimum absolute atomic E-state index is 0.188. The van der Waals surface area contributed by atoms with Crippen molar-refractivity contribution in [3.8, 4) is 11.3 Å². The van der Waals surface area contributed by atoms with Gasteiger partial charge in [0.25, 0.3) is 5.91 Å². The summed E-state index contributed by atoms with van der Waals surface area (Å²) in [6.45, 7) is 2.47. The zero-order chi connectivity index (χ0) is 18.1. The predicted molar refractivity (Wildman–Crippen MR) is 106 cm³/mol. The number of imidazole rings is 1. The normalized spacial score (nSPS) is 11.0. The van der Waals surface area contributed by atoms with E-state index in [-0.39, 0.29) is 5.91 Å². The molecule has 0 atom stereocenters. The second-order valence-electron chi connectivity index (χ2n) is 6.04. The third kappa shape index (κ3) is 3.23. The Bertz CT molecular complexity index is 1060. The number of fused-ring (bicyclic) bond motifs is 1. The fourth-order valence-electron chi connectivity index (χ4n) is 2.80. The molecule has 26 heavy (non-hydrogen) atoms. The van der Waals surface area contributed by atoms with Crippen LogP contribution in [-0.4, -0.2) is 15.3 Å². The van der Waals surface area contributed by atoms with Gasteiger partial charge in [-0.1, -0.05) is 53.6 Å². The van der Waals surface area contributed by atoms with Crippen LogP contribution in [0.4, 0.5) is 0 Å². The molecule has 2 aromatic carbocycles. The van der Waals surface area contributed by atoms with Gasteiger partial charge in [-0.3, -0.25) is 9.20 Å². The van der Waals surface area contributed by atoms with E-state index < -0.39 is 0 Å². The summed E-state index contributed by atoms with van der Waals surface area (Å²) in [6.07, 6.45) is 1.94. The lowest BCUT2D eigenvalue weighted by atomic mass is 10.1. The van der Waals surface area contributed by atoms with Gasteiger partial charge in [0.05, 0.1) is 5.69 Å². The van der Waals surface area contributed by atoms with Crippen molar-refractivity contribution in [2.24, 2.45) is 0 Å². The molecule has 1 N–H and O–H groups in total. The highest BCUT2D eigenvalue weighted by atomic mass is 35.5. The highest BCUT2D eigenvalue weighted by Gasteiger charge is 2.20. The molecule has 0 aliphatic rings. The minimum Gasteiger partial charge on any atom is -0.347 e. The molecule has 4 aromatic rings. The first-order chi connectivity index (χ1) is 12.6. The van der Waals surface area contributed by atoms with Gasteiger partial charge in [0.15, 0.2) is 10.7 Å². The summed E-state index contributed by atoms with van der Waals surface area (Å²) in [7, 11) is 0. The summed E-state index contributed by atoms with van der Waals surface area (Å²) in [4.78, 5) is 18.2. The van der Waals surface area contributed by atoms with Crippen molar-refractivity contribution < 1.29 is 4.79 Å². The topological polar surface area (TPSA) is 46.4 Å². The average molecular weight is 382 g/mol. The van der Waals surface area contributed by atoms with Crippen LogP contribution in [0.3, 0.4) is 0 Å². The quantitative estimate of drug-likeness (QED) is 0.543. The van der Waals surface area contributed by atoms with Crippen LogP contribution in [0, 0.1) is 6.92 Å². The number of thiazole rings is 1. The van der Waals surface area contributed by atoms with Crippen molar-refractivity contribution >= 4 is 33.8 Å². The molecular weight excluding hydrogens is 366 g/mol. The maximum Gasteiger partial charge on any atom is 0.272 e. The average Bonchev–Trinajstić information content (AvgIpc) is 3.23. The van der Waals surface area contributed by atoms with Crippen molar-refractivity contribution in [1.29, 1.82) is 0 Å². The fraction of sp³-hybridized carbons (Fsp3) is 0.100. The van der Waals surface area contributed by atoms with E-state index in [1.54, 1.807) is 0 Å². The third-order valence-electron chi connectivity index (χ3n) is 4.17. The second kappa shape index (κ2) is 6.94. The van der Waals surface area contributed by atoms with Crippen LogP contribution in [-0.2, 0) is 6.54 Å². The number of carbonyl (C=O) groups is 1. The first-order valence-corrected chi connectivity index (χ1v) is 9.43. The summed E-state index contributed by atoms with van der Waals surface area (Å²) in [6, 6.07) is 15.5. The van der Waals surface area contributed by atoms with Crippen molar-refractivity contribution in [1.82, 2.24) is 14.7 Å². The van der Waals surface area contributed by atoms with Crippen molar-refractivity contribution in [3.05, 3.63) is 82.0 Å². The number of aryl methyl sites for hydroxylation is 1. The largest absolute Gasteiger partial charge is 0.347 e. The Balaban J connectivity index is 1.66. The van der Waals surface area contributed by atoms with Crippen LogP contribution in [0.2, 0.25) is 5.02 Å². The Morgan fingerprint density at radius 3 is 2.62 bits per heavy atom. The number of halogens is 1. The Morgan fingerprint density at radius 1 is 1.15 bits per heavy atom. The van der Waals surface area contributed by atoms with Crippen LogP contribution < -0.4 is 5.32 Å². The van der Waals surface area contributed by atoms with Gasteiger partial charge in [-0.05, 0) is 24.6 Å². The Hall–Kier alpha value is -2.63. The summed E-state index contributed by atoms with van der Waals surface area (Å²) in [5.41, 5.74) is 4.39. The molecule has 4 nitrogen and oxygen atoms in total. The number of hydrogen-bond acceptors (Lipinski definition) is 3. The molecule has 0 fully saturated rings. The van der Waals surface area contributed by atoms with Gasteiger partial charge in [0, 0.05) is 28.7 Å². The van der Waals surface area contributed by atoms with E-state index >= 15 is 0 Å². The molecule has 1 amide bonds. The van der Waals surface area contributed by atoms with Gasteiger partial charge >= 0.3 is 0 Å². The van der Waals surface area contributed by atoms with Gasteiger partial charge in [0.1, 0.15) is 0 Å². The van der Waals surface area contributed by atoms with Crippen LogP contribution >= 0.6 is 22.9 Å². The standard InChI is InChI=1S/C20H16ClN3OS/c1-13-2-6-15(7-3-13)18-17(23-20-24(18)10-11-26-20)19(25)22-12-14-4-8-16(21)9-5-14/h2-11H,12H2,1H3,(H,22,25). The molecule has 0 radical (unpaired) electrons. The van der Waals surface area contributed by atoms with Crippen LogP contribution in [0.1, 0.15) is 21.6 Å².